The van der Waals surface area contributed by atoms with E-state index in [1.807, 2.05) is 18.7 Å². The maximum absolute atomic E-state index is 14.3. The van der Waals surface area contributed by atoms with E-state index < -0.39 is 29.3 Å². The smallest absolute Gasteiger partial charge is 0.357 e. The molecule has 0 aromatic carbocycles. The van der Waals surface area contributed by atoms with Gasteiger partial charge < -0.3 is 24.2 Å². The van der Waals surface area contributed by atoms with Gasteiger partial charge in [-0.05, 0) is 26.3 Å². The first-order chi connectivity index (χ1) is 16.2. The van der Waals surface area contributed by atoms with E-state index in [1.54, 1.807) is 12.1 Å². The van der Waals surface area contributed by atoms with E-state index in [0.29, 0.717) is 37.6 Å². The van der Waals surface area contributed by atoms with E-state index >= 15 is 0 Å². The maximum Gasteiger partial charge on any atom is 0.357 e. The normalized spacial score (nSPS) is 22.4. The number of carboxylic acid groups (broad SMARTS) is 1. The van der Waals surface area contributed by atoms with Crippen molar-refractivity contribution in [3.8, 4) is 5.75 Å². The van der Waals surface area contributed by atoms with E-state index in [2.05, 4.69) is 15.3 Å². The zero-order valence-electron chi connectivity index (χ0n) is 18.7. The number of aromatic carboxylic acids is 1. The largest absolute Gasteiger partial charge is 0.491 e. The molecule has 2 aromatic rings. The number of hydrogen-bond acceptors (Lipinski definition) is 8. The fraction of sp³-hybridized carbons (Fsp3) is 0.455. The molecule has 0 radical (unpaired) electrons. The number of carbonyl (C=O) groups excluding carboxylic acids is 1. The Labute approximate surface area is 194 Å². The lowest BCUT2D eigenvalue weighted by Crippen LogP contribution is -2.48. The summed E-state index contributed by atoms with van der Waals surface area (Å²) in [7, 11) is 0. The monoisotopic (exact) mass is 473 g/mol. The number of hydrogen-bond donors (Lipinski definition) is 2. The summed E-state index contributed by atoms with van der Waals surface area (Å²) in [5.74, 6) is -2.25. The van der Waals surface area contributed by atoms with Gasteiger partial charge in [0.15, 0.2) is 23.1 Å². The zero-order valence-corrected chi connectivity index (χ0v) is 18.7. The van der Waals surface area contributed by atoms with E-state index in [-0.39, 0.29) is 30.4 Å². The molecule has 3 aliphatic rings. The third-order valence-corrected chi connectivity index (χ3v) is 5.92. The van der Waals surface area contributed by atoms with E-state index in [9.17, 15) is 19.1 Å². The minimum Gasteiger partial charge on any atom is -0.491 e. The number of carbonyl (C=O) groups is 2. The molecule has 0 spiro atoms. The Morgan fingerprint density at radius 1 is 1.38 bits per heavy atom. The van der Waals surface area contributed by atoms with Crippen molar-refractivity contribution in [2.45, 2.75) is 38.2 Å². The van der Waals surface area contributed by atoms with Crippen molar-refractivity contribution in [3.05, 3.63) is 35.9 Å². The average Bonchev–Trinajstić information content (AvgIpc) is 3.36. The Kier molecular flexibility index (Phi) is 5.48. The van der Waals surface area contributed by atoms with Gasteiger partial charge in [0.2, 0.25) is 0 Å². The van der Waals surface area contributed by atoms with Crippen LogP contribution in [0.3, 0.4) is 0 Å². The zero-order chi connectivity index (χ0) is 24.0. The van der Waals surface area contributed by atoms with Gasteiger partial charge in [-0.1, -0.05) is 0 Å². The number of carboxylic acids is 1. The molecule has 1 unspecified atom stereocenters. The summed E-state index contributed by atoms with van der Waals surface area (Å²) >= 11 is 0. The fourth-order valence-electron chi connectivity index (χ4n) is 4.41. The third kappa shape index (κ3) is 4.21. The molecule has 2 aromatic heterocycles. The molecule has 2 amide bonds. The molecule has 180 valence electrons. The highest BCUT2D eigenvalue weighted by atomic mass is 19.1. The summed E-state index contributed by atoms with van der Waals surface area (Å²) in [5, 5.41) is 12.0. The van der Waals surface area contributed by atoms with Gasteiger partial charge in [0.1, 0.15) is 24.3 Å². The lowest BCUT2D eigenvalue weighted by molar-refractivity contribution is -0.141. The highest BCUT2D eigenvalue weighted by Crippen LogP contribution is 2.40. The molecule has 5 rings (SSSR count). The Balaban J connectivity index is 1.33. The second-order valence-electron chi connectivity index (χ2n) is 8.79. The lowest BCUT2D eigenvalue weighted by Gasteiger charge is -2.35. The van der Waals surface area contributed by atoms with Crippen molar-refractivity contribution in [3.63, 3.8) is 0 Å². The second kappa shape index (κ2) is 8.37. The Morgan fingerprint density at radius 2 is 2.21 bits per heavy atom. The first-order valence-corrected chi connectivity index (χ1v) is 10.9. The standard InChI is InChI=1S/C22H24FN5O6/c1-22(2)33-11-14(34-22)10-32-13-3-5-24-17(7-13)25-21(31)28-12-4-6-27(9-12)16-8-15(23)18(20(29)30)26-19(16)28/h3,5,7-8,12,14H,4,6,9-11H2,1-2H3,(H,29,30)(H,24,25,31)/t12?,14-/m0/s1. The van der Waals surface area contributed by atoms with Crippen LogP contribution in [0, 0.1) is 5.82 Å². The van der Waals surface area contributed by atoms with Crippen LogP contribution in [0.5, 0.6) is 5.75 Å². The molecular formula is C22H24FN5O6. The number of aromatic nitrogens is 2. The van der Waals surface area contributed by atoms with Gasteiger partial charge in [-0.2, -0.15) is 0 Å². The summed E-state index contributed by atoms with van der Waals surface area (Å²) in [5.41, 5.74) is -0.341. The molecule has 12 heteroatoms. The molecule has 3 aliphatic heterocycles. The van der Waals surface area contributed by atoms with E-state index in [4.69, 9.17) is 14.2 Å². The molecule has 34 heavy (non-hydrogen) atoms. The number of nitrogens with zero attached hydrogens (tertiary/aromatic N) is 4. The molecule has 2 saturated heterocycles. The molecule has 0 aliphatic carbocycles. The molecule has 2 N–H and O–H groups in total. The Hall–Kier alpha value is -3.51. The van der Waals surface area contributed by atoms with Crippen LogP contribution in [0.1, 0.15) is 30.8 Å². The van der Waals surface area contributed by atoms with Gasteiger partial charge in [-0.3, -0.25) is 10.2 Å². The number of ether oxygens (including phenoxy) is 3. The average molecular weight is 473 g/mol. The van der Waals surface area contributed by atoms with Crippen LogP contribution >= 0.6 is 0 Å². The van der Waals surface area contributed by atoms with Gasteiger partial charge in [0.25, 0.3) is 0 Å². The second-order valence-corrected chi connectivity index (χ2v) is 8.79. The first kappa shape index (κ1) is 22.3. The quantitative estimate of drug-likeness (QED) is 0.673. The summed E-state index contributed by atoms with van der Waals surface area (Å²) < 4.78 is 31.3. The van der Waals surface area contributed by atoms with Crippen LogP contribution in [0.4, 0.5) is 26.5 Å². The highest BCUT2D eigenvalue weighted by molar-refractivity contribution is 6.04. The molecule has 0 saturated carbocycles. The number of amides is 2. The van der Waals surface area contributed by atoms with Crippen LogP contribution in [0.15, 0.2) is 24.4 Å². The molecule has 11 nitrogen and oxygen atoms in total. The summed E-state index contributed by atoms with van der Waals surface area (Å²) in [6.07, 6.45) is 1.93. The minimum absolute atomic E-state index is 0.110. The van der Waals surface area contributed by atoms with Crippen LogP contribution in [0.2, 0.25) is 0 Å². The molecular weight excluding hydrogens is 449 g/mol. The summed E-state index contributed by atoms with van der Waals surface area (Å²) in [6.45, 7) is 5.47. The topological polar surface area (TPSA) is 126 Å². The highest BCUT2D eigenvalue weighted by Gasteiger charge is 2.41. The number of fused-ring (bicyclic) bond motifs is 4. The maximum atomic E-state index is 14.3. The van der Waals surface area contributed by atoms with Crippen molar-refractivity contribution < 1.29 is 33.3 Å². The number of nitrogens with one attached hydrogen (secondary N) is 1. The lowest BCUT2D eigenvalue weighted by atomic mass is 10.1. The predicted octanol–water partition coefficient (Wildman–Crippen LogP) is 2.48. The van der Waals surface area contributed by atoms with Crippen molar-refractivity contribution in [2.75, 3.05) is 41.4 Å². The predicted molar refractivity (Wildman–Crippen MR) is 118 cm³/mol. The molecule has 5 heterocycles. The van der Waals surface area contributed by atoms with Crippen LogP contribution in [0.25, 0.3) is 0 Å². The van der Waals surface area contributed by atoms with Crippen LogP contribution in [-0.4, -0.2) is 71.3 Å². The van der Waals surface area contributed by atoms with Crippen molar-refractivity contribution in [1.82, 2.24) is 9.97 Å². The van der Waals surface area contributed by atoms with Crippen LogP contribution < -0.4 is 19.9 Å². The minimum atomic E-state index is -1.50. The molecule has 2 bridgehead atoms. The van der Waals surface area contributed by atoms with Crippen molar-refractivity contribution in [2.24, 2.45) is 0 Å². The number of pyridine rings is 2. The number of halogens is 1. The van der Waals surface area contributed by atoms with Gasteiger partial charge in [0, 0.05) is 31.4 Å². The number of anilines is 3. The number of rotatable bonds is 5. The first-order valence-electron chi connectivity index (χ1n) is 10.9. The van der Waals surface area contributed by atoms with Gasteiger partial charge in [-0.25, -0.2) is 23.9 Å². The summed E-state index contributed by atoms with van der Waals surface area (Å²) in [6, 6.07) is 3.59. The Morgan fingerprint density at radius 3 is 2.94 bits per heavy atom. The third-order valence-electron chi connectivity index (χ3n) is 5.92. The number of urea groups is 1. The van der Waals surface area contributed by atoms with E-state index in [0.717, 1.165) is 6.07 Å². The molecule has 2 atom stereocenters. The van der Waals surface area contributed by atoms with Crippen molar-refractivity contribution in [1.29, 1.82) is 0 Å². The van der Waals surface area contributed by atoms with E-state index in [1.165, 1.54) is 11.1 Å². The van der Waals surface area contributed by atoms with Crippen molar-refractivity contribution >= 4 is 29.3 Å². The summed E-state index contributed by atoms with van der Waals surface area (Å²) in [4.78, 5) is 36.1. The van der Waals surface area contributed by atoms with Gasteiger partial charge in [0.05, 0.1) is 18.3 Å². The van der Waals surface area contributed by atoms with Gasteiger partial charge >= 0.3 is 12.0 Å². The van der Waals surface area contributed by atoms with Gasteiger partial charge in [-0.15, -0.1) is 0 Å². The van der Waals surface area contributed by atoms with Crippen LogP contribution in [-0.2, 0) is 9.47 Å². The Bertz CT molecular complexity index is 1140. The fourth-order valence-corrected chi connectivity index (χ4v) is 4.41. The SMILES string of the molecule is CC1(C)OC[C@H](COc2ccnc(NC(=O)N3c4nc(C(=O)O)c(F)cc4N4CCC3C4)c2)O1. The molecule has 2 fully saturated rings.